The molecule has 0 radical (unpaired) electrons. The van der Waals surface area contributed by atoms with E-state index in [1.807, 2.05) is 11.6 Å². The van der Waals surface area contributed by atoms with Crippen molar-refractivity contribution in [2.45, 2.75) is 62.8 Å². The second kappa shape index (κ2) is 6.44. The molecule has 3 aromatic rings. The number of aromatic nitrogens is 5. The van der Waals surface area contributed by atoms with Crippen LogP contribution in [0.2, 0.25) is 0 Å². The molecule has 1 spiro atoms. The van der Waals surface area contributed by atoms with Crippen molar-refractivity contribution in [1.82, 2.24) is 23.7 Å². The van der Waals surface area contributed by atoms with Gasteiger partial charge in [0.15, 0.2) is 0 Å². The maximum Gasteiger partial charge on any atom is 0.418 e. The van der Waals surface area contributed by atoms with Crippen LogP contribution in [0.3, 0.4) is 0 Å². The lowest BCUT2D eigenvalue weighted by Gasteiger charge is -2.49. The smallest absolute Gasteiger partial charge is 0.392 e. The van der Waals surface area contributed by atoms with Crippen molar-refractivity contribution in [1.29, 1.82) is 0 Å². The summed E-state index contributed by atoms with van der Waals surface area (Å²) in [6, 6.07) is 0.835. The molecule has 5 aliphatic rings. The fraction of sp³-hybridized carbons (Fsp3) is 0.654. The van der Waals surface area contributed by atoms with Gasteiger partial charge >= 0.3 is 11.9 Å². The van der Waals surface area contributed by atoms with Gasteiger partial charge in [-0.25, -0.2) is 4.79 Å². The van der Waals surface area contributed by atoms with Crippen LogP contribution >= 0.6 is 0 Å². The highest BCUT2D eigenvalue weighted by Crippen LogP contribution is 2.82. The first-order valence-corrected chi connectivity index (χ1v) is 12.9. The van der Waals surface area contributed by atoms with Crippen molar-refractivity contribution in [3.8, 4) is 0 Å². The van der Waals surface area contributed by atoms with Crippen LogP contribution in [-0.4, -0.2) is 28.8 Å². The average Bonchev–Trinajstić information content (AvgIpc) is 3.72. The summed E-state index contributed by atoms with van der Waals surface area (Å²) in [7, 11) is 2.00. The number of fused-ring (bicyclic) bond motifs is 4. The summed E-state index contributed by atoms with van der Waals surface area (Å²) in [5.74, 6) is 3.39. The third kappa shape index (κ3) is 2.66. The fourth-order valence-electron chi connectivity index (χ4n) is 8.83. The molecule has 5 fully saturated rings. The minimum atomic E-state index is -4.62. The summed E-state index contributed by atoms with van der Waals surface area (Å²) in [5, 5.41) is 18.3. The van der Waals surface area contributed by atoms with Crippen LogP contribution in [0.4, 0.5) is 13.2 Å². The summed E-state index contributed by atoms with van der Waals surface area (Å²) < 4.78 is 46.4. The largest absolute Gasteiger partial charge is 0.418 e. The normalized spacial score (nSPS) is 34.8. The second-order valence-electron chi connectivity index (χ2n) is 12.4. The zero-order chi connectivity index (χ0) is 24.8. The molecule has 0 amide bonds. The van der Waals surface area contributed by atoms with Crippen LogP contribution in [0.25, 0.3) is 5.52 Å². The van der Waals surface area contributed by atoms with Gasteiger partial charge in [0.2, 0.25) is 0 Å². The van der Waals surface area contributed by atoms with Crippen LogP contribution in [0.15, 0.2) is 29.6 Å². The second-order valence-corrected chi connectivity index (χ2v) is 12.4. The number of rotatable bonds is 4. The Hall–Kier alpha value is -2.62. The van der Waals surface area contributed by atoms with Crippen LogP contribution in [-0.2, 0) is 25.2 Å². The predicted octanol–water partition coefficient (Wildman–Crippen LogP) is 3.70. The lowest BCUT2D eigenvalue weighted by Crippen LogP contribution is -2.47. The van der Waals surface area contributed by atoms with Crippen molar-refractivity contribution >= 4 is 5.52 Å². The molecule has 7 nitrogen and oxygen atoms in total. The van der Waals surface area contributed by atoms with Gasteiger partial charge in [0.25, 0.3) is 0 Å². The van der Waals surface area contributed by atoms with E-state index in [2.05, 4.69) is 10.2 Å². The van der Waals surface area contributed by atoms with Gasteiger partial charge < -0.3 is 9.67 Å². The fourth-order valence-corrected chi connectivity index (χ4v) is 8.83. The third-order valence-electron chi connectivity index (χ3n) is 10.4. The van der Waals surface area contributed by atoms with E-state index in [4.69, 9.17) is 0 Å². The van der Waals surface area contributed by atoms with Gasteiger partial charge in [-0.2, -0.15) is 13.2 Å². The Kier molecular flexibility index (Phi) is 3.84. The number of halogens is 3. The molecule has 10 heteroatoms. The topological polar surface area (TPSA) is 77.3 Å². The van der Waals surface area contributed by atoms with Crippen molar-refractivity contribution in [2.75, 3.05) is 0 Å². The van der Waals surface area contributed by atoms with Crippen LogP contribution in [0.5, 0.6) is 0 Å². The maximum atomic E-state index is 13.9. The molecule has 0 aliphatic heterocycles. The molecule has 3 heterocycles. The van der Waals surface area contributed by atoms with Gasteiger partial charge in [-0.05, 0) is 85.2 Å². The maximum absolute atomic E-state index is 13.9. The monoisotopic (exact) mass is 499 g/mol. The Morgan fingerprint density at radius 1 is 1.17 bits per heavy atom. The first-order valence-electron chi connectivity index (χ1n) is 12.9. The van der Waals surface area contributed by atoms with Crippen LogP contribution in [0.1, 0.15) is 61.5 Å². The highest BCUT2D eigenvalue weighted by molar-refractivity contribution is 5.56. The minimum Gasteiger partial charge on any atom is -0.392 e. The van der Waals surface area contributed by atoms with Crippen molar-refractivity contribution in [3.63, 3.8) is 0 Å². The highest BCUT2D eigenvalue weighted by Gasteiger charge is 2.78. The highest BCUT2D eigenvalue weighted by atomic mass is 19.4. The van der Waals surface area contributed by atoms with Gasteiger partial charge in [-0.1, -0.05) is 0 Å². The Labute approximate surface area is 204 Å². The zero-order valence-electron chi connectivity index (χ0n) is 19.9. The Balaban J connectivity index is 1.24. The Morgan fingerprint density at radius 3 is 2.58 bits per heavy atom. The van der Waals surface area contributed by atoms with Gasteiger partial charge in [-0.15, -0.1) is 10.2 Å². The van der Waals surface area contributed by atoms with Crippen LogP contribution < -0.4 is 5.69 Å². The molecule has 6 unspecified atom stereocenters. The average molecular weight is 500 g/mol. The van der Waals surface area contributed by atoms with Gasteiger partial charge in [-0.3, -0.25) is 8.97 Å². The van der Waals surface area contributed by atoms with Crippen molar-refractivity contribution in [2.24, 2.45) is 42.1 Å². The Morgan fingerprint density at radius 2 is 1.94 bits per heavy atom. The number of hydrogen-bond acceptors (Lipinski definition) is 4. The summed E-state index contributed by atoms with van der Waals surface area (Å²) in [5.41, 5.74) is -0.983. The molecule has 190 valence electrons. The summed E-state index contributed by atoms with van der Waals surface area (Å²) in [6.07, 6.45) is 6.66. The lowest BCUT2D eigenvalue weighted by atomic mass is 9.55. The van der Waals surface area contributed by atoms with E-state index in [0.29, 0.717) is 29.1 Å². The van der Waals surface area contributed by atoms with E-state index in [1.165, 1.54) is 25.2 Å². The molecule has 1 N–H and O–H groups in total. The third-order valence-corrected chi connectivity index (χ3v) is 10.4. The Bertz CT molecular complexity index is 1470. The minimum absolute atomic E-state index is 0.0449. The molecule has 3 aromatic heterocycles. The summed E-state index contributed by atoms with van der Waals surface area (Å²) in [6.45, 7) is -0.557. The number of pyridine rings is 1. The number of aliphatic hydroxyl groups excluding tert-OH is 1. The van der Waals surface area contributed by atoms with E-state index in [9.17, 15) is 23.1 Å². The molecular formula is C26H28F3N5O2. The molecule has 5 aliphatic carbocycles. The molecule has 0 aromatic carbocycles. The first kappa shape index (κ1) is 21.5. The van der Waals surface area contributed by atoms with Crippen molar-refractivity contribution < 1.29 is 18.3 Å². The van der Waals surface area contributed by atoms with Gasteiger partial charge in [0.05, 0.1) is 17.7 Å². The standard InChI is InChI=1S/C26H28F3N5O2/c1-32-12-30-31-22(32)25(10-24(11-25)2-3-24)21-19-15-5-14(15)6-17(20(19)21)34-8-18-16(26(27,28)29)4-13(9-35)7-33(18)23(34)36/h4,7-8,12,14-15,17,19-21,35H,2-3,5-6,9-11H2,1H3. The predicted molar refractivity (Wildman–Crippen MR) is 122 cm³/mol. The van der Waals surface area contributed by atoms with Gasteiger partial charge in [0.1, 0.15) is 12.2 Å². The first-order chi connectivity index (χ1) is 17.2. The van der Waals surface area contributed by atoms with E-state index < -0.39 is 24.0 Å². The van der Waals surface area contributed by atoms with E-state index in [1.54, 1.807) is 10.9 Å². The van der Waals surface area contributed by atoms with Gasteiger partial charge in [0, 0.05) is 30.9 Å². The number of aliphatic hydroxyl groups is 1. The molecule has 0 saturated heterocycles. The summed E-state index contributed by atoms with van der Waals surface area (Å²) in [4.78, 5) is 13.5. The quantitative estimate of drug-likeness (QED) is 0.594. The van der Waals surface area contributed by atoms with Crippen LogP contribution in [0, 0.1) is 35.0 Å². The number of alkyl halides is 3. The van der Waals surface area contributed by atoms with E-state index >= 15 is 0 Å². The number of imidazole rings is 1. The van der Waals surface area contributed by atoms with E-state index in [0.717, 1.165) is 42.0 Å². The molecule has 36 heavy (non-hydrogen) atoms. The molecule has 5 saturated carbocycles. The van der Waals surface area contributed by atoms with E-state index in [-0.39, 0.29) is 28.5 Å². The lowest BCUT2D eigenvalue weighted by molar-refractivity contribution is -0.136. The summed E-state index contributed by atoms with van der Waals surface area (Å²) >= 11 is 0. The number of nitrogens with zero attached hydrogens (tertiary/aromatic N) is 5. The molecular weight excluding hydrogens is 471 g/mol. The van der Waals surface area contributed by atoms with Crippen molar-refractivity contribution in [3.05, 3.63) is 52.2 Å². The SMILES string of the molecule is Cn1cnnc1C1(C2C3C4CC4CC(n4cc5c(C(F)(F)F)cc(CO)cn5c4=O)C32)CC2(CC2)C1. The molecule has 6 atom stereocenters. The number of aryl methyl sites for hydroxylation is 1. The zero-order valence-corrected chi connectivity index (χ0v) is 19.9. The molecule has 0 bridgehead atoms. The molecule has 8 rings (SSSR count). The number of hydrogen-bond donors (Lipinski definition) is 1.